The molecule has 6 nitrogen and oxygen atoms in total. The lowest BCUT2D eigenvalue weighted by molar-refractivity contribution is -0.460. The summed E-state index contributed by atoms with van der Waals surface area (Å²) in [6, 6.07) is -0.616. The van der Waals surface area contributed by atoms with Crippen molar-refractivity contribution in [1.29, 1.82) is 0 Å². The molecule has 0 aromatic carbocycles. The van der Waals surface area contributed by atoms with Gasteiger partial charge in [-0.15, -0.1) is 0 Å². The average molecular weight is 260 g/mol. The third-order valence-electron chi connectivity index (χ3n) is 3.36. The number of methoxy groups -OCH3 is 1. The van der Waals surface area contributed by atoms with Crippen molar-refractivity contribution in [1.82, 2.24) is 5.32 Å². The van der Waals surface area contributed by atoms with Gasteiger partial charge in [0.25, 0.3) is 0 Å². The van der Waals surface area contributed by atoms with Gasteiger partial charge >= 0.3 is 0 Å². The van der Waals surface area contributed by atoms with Crippen LogP contribution in [-0.4, -0.2) is 55.7 Å². The summed E-state index contributed by atoms with van der Waals surface area (Å²) in [5.74, 6) is -0.567. The molecule has 0 radical (unpaired) electrons. The molecule has 1 amide bonds. The number of hydrogen-bond acceptors (Lipinski definition) is 5. The van der Waals surface area contributed by atoms with Crippen LogP contribution in [0.15, 0.2) is 0 Å². The minimum atomic E-state index is -0.995. The molecule has 0 aliphatic carbocycles. The molecule has 0 saturated carbocycles. The standard InChI is InChI=1S/C12H22NO5/c1-4-8-9(5-14)18-10(6-17-3)11(12(8)16)13-7(2)15/h8-12,14H,4-6H2,1-3H3,(H,13,15)/q-1. The van der Waals surface area contributed by atoms with Crippen LogP contribution in [0.2, 0.25) is 0 Å². The summed E-state index contributed by atoms with van der Waals surface area (Å²) in [5.41, 5.74) is 0. The van der Waals surface area contributed by atoms with Gasteiger partial charge in [-0.25, -0.2) is 0 Å². The topological polar surface area (TPSA) is 90.8 Å². The van der Waals surface area contributed by atoms with Gasteiger partial charge in [-0.05, 0) is 5.92 Å². The van der Waals surface area contributed by atoms with Crippen LogP contribution >= 0.6 is 0 Å². The first-order valence-electron chi connectivity index (χ1n) is 6.23. The van der Waals surface area contributed by atoms with Gasteiger partial charge in [0.1, 0.15) is 6.10 Å². The quantitative estimate of drug-likeness (QED) is 0.638. The first kappa shape index (κ1) is 15.4. The third kappa shape index (κ3) is 3.41. The van der Waals surface area contributed by atoms with Gasteiger partial charge in [-0.2, -0.15) is 0 Å². The molecule has 1 aliphatic heterocycles. The molecular weight excluding hydrogens is 238 g/mol. The van der Waals surface area contributed by atoms with Crippen LogP contribution in [0.25, 0.3) is 0 Å². The molecule has 5 atom stereocenters. The largest absolute Gasteiger partial charge is 0.850 e. The molecule has 0 bridgehead atoms. The second-order valence-corrected chi connectivity index (χ2v) is 4.61. The minimum absolute atomic E-state index is 0.190. The molecule has 1 fully saturated rings. The second kappa shape index (κ2) is 7.04. The lowest BCUT2D eigenvalue weighted by Gasteiger charge is -2.50. The number of carbonyl (C=O) groups excluding carboxylic acids is 1. The van der Waals surface area contributed by atoms with Gasteiger partial charge in [-0.3, -0.25) is 4.79 Å². The Kier molecular flexibility index (Phi) is 6.01. The number of aliphatic hydroxyl groups is 1. The van der Waals surface area contributed by atoms with Gasteiger partial charge in [0, 0.05) is 20.1 Å². The Morgan fingerprint density at radius 1 is 1.50 bits per heavy atom. The Bertz CT molecular complexity index is 271. The van der Waals surface area contributed by atoms with E-state index in [1.165, 1.54) is 14.0 Å². The van der Waals surface area contributed by atoms with Crippen LogP contribution in [0.1, 0.15) is 20.3 Å². The normalized spacial score (nSPS) is 36.4. The molecule has 1 saturated heterocycles. The van der Waals surface area contributed by atoms with Crippen molar-refractivity contribution in [3.8, 4) is 0 Å². The van der Waals surface area contributed by atoms with Gasteiger partial charge in [0.2, 0.25) is 5.91 Å². The summed E-state index contributed by atoms with van der Waals surface area (Å²) in [5, 5.41) is 24.3. The van der Waals surface area contributed by atoms with Gasteiger partial charge in [0.05, 0.1) is 19.3 Å². The summed E-state index contributed by atoms with van der Waals surface area (Å²) < 4.78 is 10.7. The summed E-state index contributed by atoms with van der Waals surface area (Å²) in [4.78, 5) is 11.2. The molecule has 6 heteroatoms. The van der Waals surface area contributed by atoms with E-state index in [1.807, 2.05) is 6.92 Å². The number of nitrogens with one attached hydrogen (secondary N) is 1. The van der Waals surface area contributed by atoms with Gasteiger partial charge in [-0.1, -0.05) is 19.4 Å². The average Bonchev–Trinajstić information content (AvgIpc) is 2.33. The van der Waals surface area contributed by atoms with Crippen molar-refractivity contribution in [2.75, 3.05) is 20.3 Å². The van der Waals surface area contributed by atoms with E-state index < -0.39 is 24.4 Å². The van der Waals surface area contributed by atoms with Crippen LogP contribution in [-0.2, 0) is 14.3 Å². The van der Waals surface area contributed by atoms with Crippen LogP contribution in [0.5, 0.6) is 0 Å². The Morgan fingerprint density at radius 3 is 2.61 bits per heavy atom. The van der Waals surface area contributed by atoms with Crippen LogP contribution in [0.3, 0.4) is 0 Å². The summed E-state index contributed by atoms with van der Waals surface area (Å²) in [6.07, 6.45) is -1.39. The number of ether oxygens (including phenoxy) is 2. The summed E-state index contributed by atoms with van der Waals surface area (Å²) in [6.45, 7) is 3.28. The Labute approximate surface area is 107 Å². The zero-order valence-corrected chi connectivity index (χ0v) is 11.1. The maximum absolute atomic E-state index is 12.4. The van der Waals surface area contributed by atoms with Crippen molar-refractivity contribution in [3.63, 3.8) is 0 Å². The summed E-state index contributed by atoms with van der Waals surface area (Å²) >= 11 is 0. The molecule has 5 unspecified atom stereocenters. The van der Waals surface area contributed by atoms with Crippen LogP contribution < -0.4 is 10.4 Å². The zero-order chi connectivity index (χ0) is 13.7. The SMILES string of the molecule is CCC1C(CO)OC(COC)C(NC(C)=O)C1[O-]. The predicted octanol–water partition coefficient (Wildman–Crippen LogP) is -1.35. The van der Waals surface area contributed by atoms with Crippen molar-refractivity contribution in [2.45, 2.75) is 44.6 Å². The highest BCUT2D eigenvalue weighted by Crippen LogP contribution is 2.27. The van der Waals surface area contributed by atoms with Crippen LogP contribution in [0, 0.1) is 5.92 Å². The number of hydrogen-bond donors (Lipinski definition) is 2. The molecule has 2 N–H and O–H groups in total. The van der Waals surface area contributed by atoms with E-state index in [2.05, 4.69) is 5.32 Å². The Morgan fingerprint density at radius 2 is 2.17 bits per heavy atom. The number of rotatable bonds is 5. The van der Waals surface area contributed by atoms with Gasteiger partial charge < -0.3 is 25.0 Å². The fourth-order valence-electron chi connectivity index (χ4n) is 2.49. The monoisotopic (exact) mass is 260 g/mol. The Balaban J connectivity index is 2.84. The van der Waals surface area contributed by atoms with Crippen molar-refractivity contribution >= 4 is 5.91 Å². The van der Waals surface area contributed by atoms with E-state index in [-0.39, 0.29) is 25.0 Å². The van der Waals surface area contributed by atoms with E-state index >= 15 is 0 Å². The molecule has 106 valence electrons. The molecule has 0 aromatic heterocycles. The lowest BCUT2D eigenvalue weighted by atomic mass is 9.83. The van der Waals surface area contributed by atoms with E-state index in [0.717, 1.165) is 0 Å². The fourth-order valence-corrected chi connectivity index (χ4v) is 2.49. The maximum Gasteiger partial charge on any atom is 0.217 e. The molecule has 0 spiro atoms. The minimum Gasteiger partial charge on any atom is -0.850 e. The molecule has 1 aliphatic rings. The van der Waals surface area contributed by atoms with Crippen molar-refractivity contribution in [3.05, 3.63) is 0 Å². The lowest BCUT2D eigenvalue weighted by Crippen LogP contribution is -2.66. The first-order chi connectivity index (χ1) is 8.54. The predicted molar refractivity (Wildman–Crippen MR) is 62.8 cm³/mol. The second-order valence-electron chi connectivity index (χ2n) is 4.61. The maximum atomic E-state index is 12.4. The number of carbonyl (C=O) groups is 1. The highest BCUT2D eigenvalue weighted by Gasteiger charge is 2.39. The zero-order valence-electron chi connectivity index (χ0n) is 11.1. The summed E-state index contributed by atoms with van der Waals surface area (Å²) in [7, 11) is 1.51. The highest BCUT2D eigenvalue weighted by molar-refractivity contribution is 5.73. The molecular formula is C12H22NO5-. The third-order valence-corrected chi connectivity index (χ3v) is 3.36. The molecule has 0 aromatic rings. The van der Waals surface area contributed by atoms with Gasteiger partial charge in [0.15, 0.2) is 0 Å². The molecule has 1 heterocycles. The molecule has 1 rings (SSSR count). The van der Waals surface area contributed by atoms with E-state index in [4.69, 9.17) is 9.47 Å². The number of amides is 1. The van der Waals surface area contributed by atoms with Crippen LogP contribution in [0.4, 0.5) is 0 Å². The first-order valence-corrected chi connectivity index (χ1v) is 6.23. The Hall–Kier alpha value is -0.690. The molecule has 18 heavy (non-hydrogen) atoms. The fraction of sp³-hybridized carbons (Fsp3) is 0.917. The van der Waals surface area contributed by atoms with Crippen molar-refractivity contribution in [2.24, 2.45) is 5.92 Å². The van der Waals surface area contributed by atoms with E-state index in [9.17, 15) is 15.0 Å². The van der Waals surface area contributed by atoms with E-state index in [0.29, 0.717) is 6.42 Å². The highest BCUT2D eigenvalue weighted by atomic mass is 16.5. The van der Waals surface area contributed by atoms with E-state index in [1.54, 1.807) is 0 Å². The van der Waals surface area contributed by atoms with Crippen molar-refractivity contribution < 1.29 is 24.5 Å². The number of aliphatic hydroxyl groups excluding tert-OH is 1. The smallest absolute Gasteiger partial charge is 0.217 e.